The molecule has 0 saturated carbocycles. The van der Waals surface area contributed by atoms with Crippen LogP contribution in [0.2, 0.25) is 0 Å². The van der Waals surface area contributed by atoms with E-state index in [1.165, 1.54) is 6.42 Å². The van der Waals surface area contributed by atoms with Gasteiger partial charge in [0.05, 0.1) is 11.2 Å². The molecular formula is C16H36O2. The second kappa shape index (κ2) is 8.16. The van der Waals surface area contributed by atoms with Gasteiger partial charge in [0.25, 0.3) is 0 Å². The lowest BCUT2D eigenvalue weighted by molar-refractivity contribution is -0.401. The van der Waals surface area contributed by atoms with Crippen LogP contribution in [0.3, 0.4) is 0 Å². The molecule has 0 radical (unpaired) electrons. The van der Waals surface area contributed by atoms with Crippen molar-refractivity contribution in [2.24, 2.45) is 5.41 Å². The smallest absolute Gasteiger partial charge is 0.0977 e. The minimum absolute atomic E-state index is 0.174. The summed E-state index contributed by atoms with van der Waals surface area (Å²) in [6, 6.07) is 0. The fourth-order valence-corrected chi connectivity index (χ4v) is 0.343. The molecule has 0 unspecified atom stereocenters. The molecule has 0 aliphatic rings. The zero-order chi connectivity index (χ0) is 15.0. The van der Waals surface area contributed by atoms with Crippen LogP contribution < -0.4 is 0 Å². The van der Waals surface area contributed by atoms with Gasteiger partial charge in [-0.15, -0.1) is 0 Å². The van der Waals surface area contributed by atoms with Gasteiger partial charge in [0.2, 0.25) is 0 Å². The highest BCUT2D eigenvalue weighted by molar-refractivity contribution is 4.66. The fourth-order valence-electron chi connectivity index (χ4n) is 0.343. The Morgan fingerprint density at radius 1 is 0.556 bits per heavy atom. The maximum absolute atomic E-state index is 5.33. The molecule has 2 nitrogen and oxygen atoms in total. The lowest BCUT2D eigenvalue weighted by Gasteiger charge is -2.29. The van der Waals surface area contributed by atoms with E-state index in [-0.39, 0.29) is 11.2 Å². The Kier molecular flexibility index (Phi) is 9.18. The van der Waals surface area contributed by atoms with Crippen molar-refractivity contribution in [3.05, 3.63) is 0 Å². The second-order valence-electron chi connectivity index (χ2n) is 7.31. The SMILES string of the molecule is CCC(C)(C)C.CCC(C)(C)OOC(C)(C)CC. The Labute approximate surface area is 115 Å². The van der Waals surface area contributed by atoms with Gasteiger partial charge < -0.3 is 0 Å². The van der Waals surface area contributed by atoms with Crippen molar-refractivity contribution in [3.63, 3.8) is 0 Å². The molecule has 0 bridgehead atoms. The van der Waals surface area contributed by atoms with Gasteiger partial charge in [-0.1, -0.05) is 48.0 Å². The predicted molar refractivity (Wildman–Crippen MR) is 80.7 cm³/mol. The molecule has 0 atom stereocenters. The van der Waals surface area contributed by atoms with Gasteiger partial charge in [0.1, 0.15) is 0 Å². The van der Waals surface area contributed by atoms with E-state index in [2.05, 4.69) is 41.5 Å². The molecule has 112 valence electrons. The molecule has 0 spiro atoms. The monoisotopic (exact) mass is 260 g/mol. The summed E-state index contributed by atoms with van der Waals surface area (Å²) >= 11 is 0. The van der Waals surface area contributed by atoms with Crippen LogP contribution in [0, 0.1) is 5.41 Å². The Hall–Kier alpha value is -0.0800. The van der Waals surface area contributed by atoms with Crippen molar-refractivity contribution in [2.75, 3.05) is 0 Å². The Balaban J connectivity index is 0. The van der Waals surface area contributed by atoms with Gasteiger partial charge in [-0.3, -0.25) is 0 Å². The van der Waals surface area contributed by atoms with Crippen molar-refractivity contribution in [1.82, 2.24) is 0 Å². The van der Waals surface area contributed by atoms with Gasteiger partial charge >= 0.3 is 0 Å². The zero-order valence-corrected chi connectivity index (χ0v) is 14.4. The topological polar surface area (TPSA) is 18.5 Å². The molecule has 0 aliphatic heterocycles. The maximum Gasteiger partial charge on any atom is 0.0977 e. The summed E-state index contributed by atoms with van der Waals surface area (Å²) in [5, 5.41) is 0. The lowest BCUT2D eigenvalue weighted by Crippen LogP contribution is -2.31. The zero-order valence-electron chi connectivity index (χ0n) is 14.4. The van der Waals surface area contributed by atoms with E-state index >= 15 is 0 Å². The molecule has 0 aliphatic carbocycles. The average molecular weight is 260 g/mol. The molecule has 0 amide bonds. The molecule has 0 saturated heterocycles. The van der Waals surface area contributed by atoms with Crippen LogP contribution in [0.15, 0.2) is 0 Å². The first-order valence-corrected chi connectivity index (χ1v) is 7.26. The summed E-state index contributed by atoms with van der Waals surface area (Å²) in [6.45, 7) is 21.2. The fraction of sp³-hybridized carbons (Fsp3) is 1.00. The van der Waals surface area contributed by atoms with Crippen LogP contribution in [0.4, 0.5) is 0 Å². The highest BCUT2D eigenvalue weighted by Crippen LogP contribution is 2.21. The first-order valence-electron chi connectivity index (χ1n) is 7.26. The minimum Gasteiger partial charge on any atom is -0.230 e. The van der Waals surface area contributed by atoms with Crippen molar-refractivity contribution < 1.29 is 9.78 Å². The van der Waals surface area contributed by atoms with E-state index in [1.807, 2.05) is 27.7 Å². The third-order valence-electron chi connectivity index (χ3n) is 3.26. The molecular weight excluding hydrogens is 224 g/mol. The first-order chi connectivity index (χ1) is 7.89. The van der Waals surface area contributed by atoms with Gasteiger partial charge in [0, 0.05) is 0 Å². The van der Waals surface area contributed by atoms with Crippen LogP contribution in [0.5, 0.6) is 0 Å². The lowest BCUT2D eigenvalue weighted by atomic mass is 9.94. The van der Waals surface area contributed by atoms with Gasteiger partial charge in [0.15, 0.2) is 0 Å². The third-order valence-corrected chi connectivity index (χ3v) is 3.26. The second-order valence-corrected chi connectivity index (χ2v) is 7.31. The van der Waals surface area contributed by atoms with Crippen molar-refractivity contribution in [2.45, 2.75) is 99.7 Å². The van der Waals surface area contributed by atoms with E-state index in [1.54, 1.807) is 0 Å². The number of hydrogen-bond donors (Lipinski definition) is 0. The van der Waals surface area contributed by atoms with E-state index < -0.39 is 0 Å². The predicted octanol–water partition coefficient (Wildman–Crippen LogP) is 5.75. The van der Waals surface area contributed by atoms with Crippen LogP contribution in [0.1, 0.15) is 88.5 Å². The van der Waals surface area contributed by atoms with E-state index in [0.717, 1.165) is 12.8 Å². The van der Waals surface area contributed by atoms with E-state index in [0.29, 0.717) is 5.41 Å². The van der Waals surface area contributed by atoms with E-state index in [4.69, 9.17) is 9.78 Å². The largest absolute Gasteiger partial charge is 0.230 e. The minimum atomic E-state index is -0.174. The van der Waals surface area contributed by atoms with Crippen LogP contribution >= 0.6 is 0 Å². The third kappa shape index (κ3) is 14.0. The maximum atomic E-state index is 5.33. The van der Waals surface area contributed by atoms with Crippen molar-refractivity contribution in [1.29, 1.82) is 0 Å². The summed E-state index contributed by atoms with van der Waals surface area (Å²) in [5.74, 6) is 0. The Bertz CT molecular complexity index is 184. The summed E-state index contributed by atoms with van der Waals surface area (Å²) in [5.41, 5.74) is 0.193. The van der Waals surface area contributed by atoms with Crippen LogP contribution in [-0.2, 0) is 9.78 Å². The number of hydrogen-bond acceptors (Lipinski definition) is 2. The summed E-state index contributed by atoms with van der Waals surface area (Å²) in [7, 11) is 0. The Morgan fingerprint density at radius 3 is 0.889 bits per heavy atom. The quantitative estimate of drug-likeness (QED) is 0.462. The van der Waals surface area contributed by atoms with Crippen LogP contribution in [-0.4, -0.2) is 11.2 Å². The molecule has 0 aromatic carbocycles. The average Bonchev–Trinajstić information content (AvgIpc) is 2.27. The van der Waals surface area contributed by atoms with Crippen molar-refractivity contribution in [3.8, 4) is 0 Å². The molecule has 18 heavy (non-hydrogen) atoms. The summed E-state index contributed by atoms with van der Waals surface area (Å²) < 4.78 is 0. The van der Waals surface area contributed by atoms with Crippen molar-refractivity contribution >= 4 is 0 Å². The summed E-state index contributed by atoms with van der Waals surface area (Å²) in [4.78, 5) is 10.7. The van der Waals surface area contributed by atoms with Gasteiger partial charge in [-0.05, 0) is 46.0 Å². The standard InChI is InChI=1S/C10H22O2.C6H14/c1-7-9(3,4)11-12-10(5,6)8-2;1-5-6(2,3)4/h7-8H2,1-6H3;5H2,1-4H3. The molecule has 0 heterocycles. The van der Waals surface area contributed by atoms with Gasteiger partial charge in [-0.25, -0.2) is 9.78 Å². The molecule has 2 heteroatoms. The van der Waals surface area contributed by atoms with E-state index in [9.17, 15) is 0 Å². The summed E-state index contributed by atoms with van der Waals surface area (Å²) in [6.07, 6.45) is 3.17. The highest BCUT2D eigenvalue weighted by atomic mass is 17.2. The van der Waals surface area contributed by atoms with Gasteiger partial charge in [-0.2, -0.15) is 0 Å². The first kappa shape index (κ1) is 20.2. The molecule has 0 N–H and O–H groups in total. The number of rotatable bonds is 5. The Morgan fingerprint density at radius 2 is 0.778 bits per heavy atom. The highest BCUT2D eigenvalue weighted by Gasteiger charge is 2.23. The molecule has 0 aromatic rings. The molecule has 0 aromatic heterocycles. The molecule has 0 rings (SSSR count). The molecule has 0 fully saturated rings. The normalized spacial score (nSPS) is 13.0. The van der Waals surface area contributed by atoms with Crippen LogP contribution in [0.25, 0.3) is 0 Å².